The number of imidazole rings is 1. The summed E-state index contributed by atoms with van der Waals surface area (Å²) in [5, 5.41) is 3.35. The second-order valence-corrected chi connectivity index (χ2v) is 4.18. The highest BCUT2D eigenvalue weighted by molar-refractivity contribution is 5.77. The molecule has 2 aromatic rings. The number of hydrogen-bond donors (Lipinski definition) is 3. The molecule has 1 saturated carbocycles. The average molecular weight is 202 g/mol. The molecule has 0 aliphatic heterocycles. The standard InChI is InChI=1S/C11H14N4/c12-7-5-8(6-7)13-11-14-9-3-1-2-4-10(9)15-11/h1-4,7-8H,5-6,12H2,(H2,13,14,15). The minimum absolute atomic E-state index is 0.367. The Morgan fingerprint density at radius 1 is 1.33 bits per heavy atom. The van der Waals surface area contributed by atoms with Gasteiger partial charge < -0.3 is 16.0 Å². The molecule has 15 heavy (non-hydrogen) atoms. The number of nitrogens with two attached hydrogens (primary N) is 1. The van der Waals surface area contributed by atoms with E-state index in [-0.39, 0.29) is 0 Å². The lowest BCUT2D eigenvalue weighted by molar-refractivity contribution is 0.372. The summed E-state index contributed by atoms with van der Waals surface area (Å²) in [6, 6.07) is 8.88. The molecule has 0 saturated heterocycles. The molecule has 4 heteroatoms. The smallest absolute Gasteiger partial charge is 0.201 e. The maximum Gasteiger partial charge on any atom is 0.201 e. The number of fused-ring (bicyclic) bond motifs is 1. The lowest BCUT2D eigenvalue weighted by Gasteiger charge is -2.32. The summed E-state index contributed by atoms with van der Waals surface area (Å²) in [5.41, 5.74) is 7.80. The molecule has 1 fully saturated rings. The highest BCUT2D eigenvalue weighted by atomic mass is 15.1. The van der Waals surface area contributed by atoms with E-state index in [9.17, 15) is 0 Å². The average Bonchev–Trinajstić information content (AvgIpc) is 2.57. The fraction of sp³-hybridized carbons (Fsp3) is 0.364. The van der Waals surface area contributed by atoms with Crippen molar-refractivity contribution in [2.24, 2.45) is 5.73 Å². The third kappa shape index (κ3) is 1.57. The number of nitrogens with one attached hydrogen (secondary N) is 2. The third-order valence-corrected chi connectivity index (χ3v) is 2.90. The molecule has 0 radical (unpaired) electrons. The zero-order valence-corrected chi connectivity index (χ0v) is 8.40. The van der Waals surface area contributed by atoms with Crippen LogP contribution >= 0.6 is 0 Å². The minimum atomic E-state index is 0.367. The normalized spacial score (nSPS) is 25.1. The molecular formula is C11H14N4. The molecule has 1 aliphatic rings. The van der Waals surface area contributed by atoms with Crippen LogP contribution in [0.5, 0.6) is 0 Å². The third-order valence-electron chi connectivity index (χ3n) is 2.90. The number of aromatic amines is 1. The second kappa shape index (κ2) is 3.24. The van der Waals surface area contributed by atoms with Gasteiger partial charge in [-0.2, -0.15) is 0 Å². The Morgan fingerprint density at radius 2 is 2.13 bits per heavy atom. The van der Waals surface area contributed by atoms with Crippen molar-refractivity contribution in [3.05, 3.63) is 24.3 Å². The van der Waals surface area contributed by atoms with Gasteiger partial charge in [0, 0.05) is 12.1 Å². The first-order chi connectivity index (χ1) is 7.31. The van der Waals surface area contributed by atoms with Gasteiger partial charge in [0.2, 0.25) is 5.95 Å². The number of rotatable bonds is 2. The monoisotopic (exact) mass is 202 g/mol. The summed E-state index contributed by atoms with van der Waals surface area (Å²) in [6.45, 7) is 0. The van der Waals surface area contributed by atoms with Crippen LogP contribution in [0.3, 0.4) is 0 Å². The van der Waals surface area contributed by atoms with E-state index in [0.29, 0.717) is 12.1 Å². The Kier molecular flexibility index (Phi) is 1.89. The Labute approximate surface area is 87.9 Å². The van der Waals surface area contributed by atoms with E-state index in [4.69, 9.17) is 5.73 Å². The van der Waals surface area contributed by atoms with Crippen LogP contribution in [-0.2, 0) is 0 Å². The van der Waals surface area contributed by atoms with Crippen molar-refractivity contribution < 1.29 is 0 Å². The topological polar surface area (TPSA) is 66.7 Å². The van der Waals surface area contributed by atoms with Crippen LogP contribution in [0.25, 0.3) is 11.0 Å². The minimum Gasteiger partial charge on any atom is -0.353 e. The summed E-state index contributed by atoms with van der Waals surface area (Å²) in [7, 11) is 0. The Balaban J connectivity index is 1.80. The Morgan fingerprint density at radius 3 is 2.87 bits per heavy atom. The number of aromatic nitrogens is 2. The van der Waals surface area contributed by atoms with Crippen molar-refractivity contribution in [1.82, 2.24) is 9.97 Å². The Hall–Kier alpha value is -1.55. The van der Waals surface area contributed by atoms with Crippen molar-refractivity contribution in [3.8, 4) is 0 Å². The number of H-pyrrole nitrogens is 1. The predicted octanol–water partition coefficient (Wildman–Crippen LogP) is 1.46. The van der Waals surface area contributed by atoms with Gasteiger partial charge in [-0.15, -0.1) is 0 Å². The van der Waals surface area contributed by atoms with E-state index < -0.39 is 0 Å². The summed E-state index contributed by atoms with van der Waals surface area (Å²) < 4.78 is 0. The van der Waals surface area contributed by atoms with Crippen molar-refractivity contribution in [2.45, 2.75) is 24.9 Å². The quantitative estimate of drug-likeness (QED) is 0.690. The molecule has 1 heterocycles. The number of para-hydroxylation sites is 2. The van der Waals surface area contributed by atoms with Gasteiger partial charge >= 0.3 is 0 Å². The molecule has 4 N–H and O–H groups in total. The Bertz CT molecular complexity index is 437. The first-order valence-electron chi connectivity index (χ1n) is 5.28. The van der Waals surface area contributed by atoms with Gasteiger partial charge in [0.25, 0.3) is 0 Å². The molecule has 0 bridgehead atoms. The van der Waals surface area contributed by atoms with Crippen LogP contribution in [0.1, 0.15) is 12.8 Å². The van der Waals surface area contributed by atoms with Crippen LogP contribution in [0.15, 0.2) is 24.3 Å². The van der Waals surface area contributed by atoms with Crippen LogP contribution in [0, 0.1) is 0 Å². The molecule has 0 unspecified atom stereocenters. The van der Waals surface area contributed by atoms with Crippen LogP contribution in [0.2, 0.25) is 0 Å². The van der Waals surface area contributed by atoms with Crippen molar-refractivity contribution in [2.75, 3.05) is 5.32 Å². The maximum absolute atomic E-state index is 5.73. The van der Waals surface area contributed by atoms with Crippen LogP contribution in [0.4, 0.5) is 5.95 Å². The maximum atomic E-state index is 5.73. The van der Waals surface area contributed by atoms with Crippen molar-refractivity contribution in [1.29, 1.82) is 0 Å². The molecule has 0 spiro atoms. The zero-order valence-electron chi connectivity index (χ0n) is 8.40. The SMILES string of the molecule is NC1CC(Nc2nc3ccccc3[nH]2)C1. The number of hydrogen-bond acceptors (Lipinski definition) is 3. The molecule has 1 aliphatic carbocycles. The van der Waals surface area contributed by atoms with Gasteiger partial charge in [-0.25, -0.2) is 4.98 Å². The highest BCUT2D eigenvalue weighted by Gasteiger charge is 2.26. The summed E-state index contributed by atoms with van der Waals surface area (Å²) in [4.78, 5) is 7.70. The molecule has 1 aromatic carbocycles. The second-order valence-electron chi connectivity index (χ2n) is 4.18. The van der Waals surface area contributed by atoms with E-state index >= 15 is 0 Å². The van der Waals surface area contributed by atoms with Gasteiger partial charge in [0.15, 0.2) is 0 Å². The van der Waals surface area contributed by atoms with Gasteiger partial charge in [-0.1, -0.05) is 12.1 Å². The summed E-state index contributed by atoms with van der Waals surface area (Å²) in [5.74, 6) is 0.855. The van der Waals surface area contributed by atoms with E-state index in [1.54, 1.807) is 0 Å². The molecule has 1 aromatic heterocycles. The zero-order chi connectivity index (χ0) is 10.3. The van der Waals surface area contributed by atoms with Crippen LogP contribution < -0.4 is 11.1 Å². The van der Waals surface area contributed by atoms with Crippen molar-refractivity contribution >= 4 is 17.0 Å². The largest absolute Gasteiger partial charge is 0.353 e. The fourth-order valence-electron chi connectivity index (χ4n) is 1.99. The number of anilines is 1. The van der Waals surface area contributed by atoms with Gasteiger partial charge in [0.1, 0.15) is 0 Å². The first kappa shape index (κ1) is 8.73. The number of nitrogens with zero attached hydrogens (tertiary/aromatic N) is 1. The summed E-state index contributed by atoms with van der Waals surface area (Å²) >= 11 is 0. The van der Waals surface area contributed by atoms with Crippen LogP contribution in [-0.4, -0.2) is 22.1 Å². The highest BCUT2D eigenvalue weighted by Crippen LogP contribution is 2.22. The molecule has 0 atom stereocenters. The van der Waals surface area contributed by atoms with E-state index in [0.717, 1.165) is 29.8 Å². The number of benzene rings is 1. The molecular weight excluding hydrogens is 188 g/mol. The van der Waals surface area contributed by atoms with Gasteiger partial charge in [-0.3, -0.25) is 0 Å². The summed E-state index contributed by atoms with van der Waals surface area (Å²) in [6.07, 6.45) is 2.08. The molecule has 78 valence electrons. The molecule has 4 nitrogen and oxygen atoms in total. The predicted molar refractivity (Wildman–Crippen MR) is 60.7 cm³/mol. The molecule has 3 rings (SSSR count). The molecule has 0 amide bonds. The van der Waals surface area contributed by atoms with E-state index in [1.807, 2.05) is 24.3 Å². The lowest BCUT2D eigenvalue weighted by atomic mass is 9.88. The van der Waals surface area contributed by atoms with E-state index in [1.165, 1.54) is 0 Å². The van der Waals surface area contributed by atoms with Crippen molar-refractivity contribution in [3.63, 3.8) is 0 Å². The fourth-order valence-corrected chi connectivity index (χ4v) is 1.99. The van der Waals surface area contributed by atoms with E-state index in [2.05, 4.69) is 15.3 Å². The van der Waals surface area contributed by atoms with Gasteiger partial charge in [0.05, 0.1) is 11.0 Å². The lowest BCUT2D eigenvalue weighted by Crippen LogP contribution is -2.44. The first-order valence-corrected chi connectivity index (χ1v) is 5.28. The van der Waals surface area contributed by atoms with Gasteiger partial charge in [-0.05, 0) is 25.0 Å².